The van der Waals surface area contributed by atoms with E-state index < -0.39 is 35.3 Å². The molecule has 1 atom stereocenters. The van der Waals surface area contributed by atoms with E-state index in [0.717, 1.165) is 30.2 Å². The number of halogens is 6. The van der Waals surface area contributed by atoms with Crippen molar-refractivity contribution in [3.63, 3.8) is 0 Å². The molecule has 226 valence electrons. The van der Waals surface area contributed by atoms with Gasteiger partial charge in [-0.15, -0.1) is 11.3 Å². The molecule has 1 saturated heterocycles. The lowest BCUT2D eigenvalue weighted by Crippen LogP contribution is -2.53. The minimum atomic E-state index is -6.03. The molecular weight excluding hydrogens is 580 g/mol. The molecule has 15 heteroatoms. The second-order valence-electron chi connectivity index (χ2n) is 10.7. The van der Waals surface area contributed by atoms with E-state index in [2.05, 4.69) is 10.3 Å². The number of likely N-dealkylation sites (tertiary alicyclic amines) is 1. The van der Waals surface area contributed by atoms with Crippen LogP contribution < -0.4 is 5.32 Å². The summed E-state index contributed by atoms with van der Waals surface area (Å²) in [5, 5.41) is 12.4. The van der Waals surface area contributed by atoms with Gasteiger partial charge in [-0.1, -0.05) is 39.0 Å². The van der Waals surface area contributed by atoms with Gasteiger partial charge in [0.1, 0.15) is 5.69 Å². The average Bonchev–Trinajstić information content (AvgIpc) is 3.47. The molecule has 0 unspecified atom stereocenters. The third-order valence-corrected chi connectivity index (χ3v) is 7.41. The van der Waals surface area contributed by atoms with Crippen LogP contribution in [0.25, 0.3) is 10.4 Å². The quantitative estimate of drug-likeness (QED) is 0.448. The van der Waals surface area contributed by atoms with E-state index >= 15 is 0 Å². The highest BCUT2D eigenvalue weighted by molar-refractivity contribution is 7.17. The summed E-state index contributed by atoms with van der Waals surface area (Å²) < 4.78 is 80.4. The first-order valence-electron chi connectivity index (χ1n) is 12.3. The van der Waals surface area contributed by atoms with Crippen LogP contribution in [0.3, 0.4) is 0 Å². The molecule has 41 heavy (non-hydrogen) atoms. The molecule has 1 aromatic carbocycles. The number of aromatic nitrogens is 1. The Bertz CT molecular complexity index is 1300. The largest absolute Gasteiger partial charge is 0.430 e. The van der Waals surface area contributed by atoms with Gasteiger partial charge in [-0.2, -0.15) is 35.9 Å². The minimum Gasteiger partial charge on any atom is -0.369 e. The number of carbonyl (C=O) groups is 2. The van der Waals surface area contributed by atoms with Crippen LogP contribution in [0.1, 0.15) is 72.0 Å². The van der Waals surface area contributed by atoms with Crippen LogP contribution in [0.4, 0.5) is 26.3 Å². The van der Waals surface area contributed by atoms with Crippen LogP contribution in [-0.2, 0) is 15.2 Å². The van der Waals surface area contributed by atoms with E-state index in [1.807, 2.05) is 27.7 Å². The molecule has 2 aromatic rings. The standard InChI is InChI=1S/C25H29F6N3O3S.CO2/c1-13-11-15(23(37,24(26,27)28)25(29,30)31)8-9-16(13)18-17(21(36)34-10-6-7-14(34)2)33-20(38-18)19(35)32-12-22(3,4)5;2-1-3/h8-9,11,14,37H,6-7,10,12H2,1-5H3,(H,32,35);/t14-;/m0./s1. The summed E-state index contributed by atoms with van der Waals surface area (Å²) >= 11 is 0.821. The van der Waals surface area contributed by atoms with Gasteiger partial charge in [-0.05, 0) is 43.2 Å². The van der Waals surface area contributed by atoms with Crippen LogP contribution in [0.2, 0.25) is 0 Å². The summed E-state index contributed by atoms with van der Waals surface area (Å²) in [6.45, 7) is 9.56. The van der Waals surface area contributed by atoms with E-state index in [9.17, 15) is 41.0 Å². The maximum atomic E-state index is 13.4. The van der Waals surface area contributed by atoms with Gasteiger partial charge in [0.15, 0.2) is 5.01 Å². The molecule has 8 nitrogen and oxygen atoms in total. The summed E-state index contributed by atoms with van der Waals surface area (Å²) in [5.74, 6) is -1.04. The Balaban J connectivity index is 0.00000187. The number of nitrogens with zero attached hydrogens (tertiary/aromatic N) is 2. The van der Waals surface area contributed by atoms with E-state index in [4.69, 9.17) is 9.59 Å². The van der Waals surface area contributed by atoms with Gasteiger partial charge < -0.3 is 15.3 Å². The number of aryl methyl sites for hydroxylation is 1. The molecule has 0 aliphatic carbocycles. The summed E-state index contributed by atoms with van der Waals surface area (Å²) in [5.41, 5.74) is -6.79. The Morgan fingerprint density at radius 1 is 1.12 bits per heavy atom. The summed E-state index contributed by atoms with van der Waals surface area (Å²) in [6, 6.07) is 1.98. The summed E-state index contributed by atoms with van der Waals surface area (Å²) in [4.78, 5) is 48.5. The van der Waals surface area contributed by atoms with E-state index in [-0.39, 0.29) is 44.3 Å². The number of carbonyl (C=O) groups excluding carboxylic acids is 4. The van der Waals surface area contributed by atoms with Gasteiger partial charge in [0.2, 0.25) is 0 Å². The Hall–Kier alpha value is -3.29. The summed E-state index contributed by atoms with van der Waals surface area (Å²) in [7, 11) is 0. The molecule has 0 saturated carbocycles. The number of alkyl halides is 6. The molecule has 3 rings (SSSR count). The van der Waals surface area contributed by atoms with Gasteiger partial charge in [0.25, 0.3) is 17.4 Å². The predicted octanol–water partition coefficient (Wildman–Crippen LogP) is 5.25. The van der Waals surface area contributed by atoms with Crippen molar-refractivity contribution in [1.82, 2.24) is 15.2 Å². The topological polar surface area (TPSA) is 117 Å². The van der Waals surface area contributed by atoms with Gasteiger partial charge >= 0.3 is 18.5 Å². The van der Waals surface area contributed by atoms with E-state index in [1.165, 1.54) is 6.92 Å². The molecular formula is C26H29F6N3O5S. The Kier molecular flexibility index (Phi) is 10.2. The zero-order valence-electron chi connectivity index (χ0n) is 22.8. The molecule has 1 aliphatic heterocycles. The monoisotopic (exact) mass is 609 g/mol. The van der Waals surface area contributed by atoms with Crippen LogP contribution in [0.5, 0.6) is 0 Å². The molecule has 1 aromatic heterocycles. The lowest BCUT2D eigenvalue weighted by atomic mass is 9.89. The van der Waals surface area contributed by atoms with Gasteiger partial charge in [0, 0.05) is 24.7 Å². The Morgan fingerprint density at radius 3 is 2.12 bits per heavy atom. The normalized spacial score (nSPS) is 16.1. The fourth-order valence-corrected chi connectivity index (χ4v) is 5.23. The van der Waals surface area contributed by atoms with Gasteiger partial charge in [-0.25, -0.2) is 4.98 Å². The van der Waals surface area contributed by atoms with Crippen molar-refractivity contribution in [2.45, 2.75) is 71.5 Å². The second kappa shape index (κ2) is 12.3. The van der Waals surface area contributed by atoms with Gasteiger partial charge in [-0.3, -0.25) is 9.59 Å². The van der Waals surface area contributed by atoms with Crippen LogP contribution in [-0.4, -0.2) is 64.4 Å². The molecule has 0 spiro atoms. The van der Waals surface area contributed by atoms with Gasteiger partial charge in [0.05, 0.1) is 4.88 Å². The van der Waals surface area contributed by atoms with Crippen LogP contribution in [0.15, 0.2) is 18.2 Å². The number of hydrogen-bond acceptors (Lipinski definition) is 7. The number of nitrogens with one attached hydrogen (secondary N) is 1. The zero-order chi connectivity index (χ0) is 31.6. The maximum absolute atomic E-state index is 13.4. The smallest absolute Gasteiger partial charge is 0.369 e. The Labute approximate surface area is 235 Å². The zero-order valence-corrected chi connectivity index (χ0v) is 23.6. The number of rotatable bonds is 5. The predicted molar refractivity (Wildman–Crippen MR) is 135 cm³/mol. The van der Waals surface area contributed by atoms with Crippen LogP contribution in [0, 0.1) is 12.3 Å². The SMILES string of the molecule is Cc1cc(C(O)(C(F)(F)F)C(F)(F)F)ccc1-c1sc(C(=O)NCC(C)(C)C)nc1C(=O)N1CCC[C@@H]1C.O=C=O. The second-order valence-corrected chi connectivity index (χ2v) is 11.7. The third kappa shape index (κ3) is 7.32. The van der Waals surface area contributed by atoms with Crippen molar-refractivity contribution in [2.75, 3.05) is 13.1 Å². The van der Waals surface area contributed by atoms with E-state index in [1.54, 1.807) is 4.90 Å². The first kappa shape index (κ1) is 33.9. The first-order valence-corrected chi connectivity index (χ1v) is 13.1. The van der Waals surface area contributed by atoms with Crippen LogP contribution >= 0.6 is 11.3 Å². The number of hydrogen-bond donors (Lipinski definition) is 2. The summed E-state index contributed by atoms with van der Waals surface area (Å²) in [6.07, 6.45) is -10.3. The van der Waals surface area contributed by atoms with Crippen molar-refractivity contribution in [2.24, 2.45) is 5.41 Å². The Morgan fingerprint density at radius 2 is 1.68 bits per heavy atom. The van der Waals surface area contributed by atoms with E-state index in [0.29, 0.717) is 25.2 Å². The lowest BCUT2D eigenvalue weighted by molar-refractivity contribution is -0.376. The molecule has 0 bridgehead atoms. The van der Waals surface area contributed by atoms with Crippen molar-refractivity contribution < 1.29 is 50.6 Å². The molecule has 1 fully saturated rings. The number of thiazole rings is 1. The first-order chi connectivity index (χ1) is 18.7. The molecule has 2 heterocycles. The van der Waals surface area contributed by atoms with Crippen molar-refractivity contribution in [1.29, 1.82) is 0 Å². The fraction of sp³-hybridized carbons (Fsp3) is 0.538. The molecule has 1 aliphatic rings. The number of benzene rings is 1. The average molecular weight is 610 g/mol. The minimum absolute atomic E-state index is 0.0648. The van der Waals surface area contributed by atoms with Crippen molar-refractivity contribution in [3.8, 4) is 10.4 Å². The molecule has 2 amide bonds. The number of amides is 2. The third-order valence-electron chi connectivity index (χ3n) is 6.33. The highest BCUT2D eigenvalue weighted by Crippen LogP contribution is 2.50. The highest BCUT2D eigenvalue weighted by Gasteiger charge is 2.71. The van der Waals surface area contributed by atoms with Crippen molar-refractivity contribution >= 4 is 29.3 Å². The number of aliphatic hydroxyl groups is 1. The highest BCUT2D eigenvalue weighted by atomic mass is 32.1. The van der Waals surface area contributed by atoms with Crippen molar-refractivity contribution in [3.05, 3.63) is 40.0 Å². The lowest BCUT2D eigenvalue weighted by Gasteiger charge is -2.33. The fourth-order valence-electron chi connectivity index (χ4n) is 4.17. The maximum Gasteiger partial charge on any atom is 0.430 e. The molecule has 0 radical (unpaired) electrons. The molecule has 2 N–H and O–H groups in total.